The van der Waals surface area contributed by atoms with Gasteiger partial charge >= 0.3 is 0 Å². The molecule has 1 aromatic heterocycles. The Hall–Kier alpha value is -2.14. The predicted octanol–water partition coefficient (Wildman–Crippen LogP) is 1.25. The molecule has 1 aromatic rings. The standard InChI is InChI=1S/C15H19N3O2/c1-4-11(2)8-18-9-13(10-18)20-12-5-6-14(17-7-12)15(19)16-3/h4-7,13H,1-2,8-10H2,3H3,(H,16,19). The summed E-state index contributed by atoms with van der Waals surface area (Å²) < 4.78 is 5.77. The van der Waals surface area contributed by atoms with Gasteiger partial charge in [0.1, 0.15) is 17.5 Å². The zero-order chi connectivity index (χ0) is 14.5. The minimum Gasteiger partial charge on any atom is -0.486 e. The lowest BCUT2D eigenvalue weighted by Gasteiger charge is -2.39. The predicted molar refractivity (Wildman–Crippen MR) is 77.8 cm³/mol. The van der Waals surface area contributed by atoms with E-state index >= 15 is 0 Å². The highest BCUT2D eigenvalue weighted by Crippen LogP contribution is 2.18. The van der Waals surface area contributed by atoms with Crippen LogP contribution in [0.4, 0.5) is 0 Å². The molecular weight excluding hydrogens is 254 g/mol. The summed E-state index contributed by atoms with van der Waals surface area (Å²) in [5, 5.41) is 2.53. The van der Waals surface area contributed by atoms with E-state index in [0.717, 1.165) is 25.2 Å². The molecule has 0 spiro atoms. The smallest absolute Gasteiger partial charge is 0.269 e. The largest absolute Gasteiger partial charge is 0.486 e. The number of hydrogen-bond acceptors (Lipinski definition) is 4. The fraction of sp³-hybridized carbons (Fsp3) is 0.333. The fourth-order valence-corrected chi connectivity index (χ4v) is 1.98. The van der Waals surface area contributed by atoms with Crippen LogP contribution >= 0.6 is 0 Å². The van der Waals surface area contributed by atoms with E-state index in [1.807, 2.05) is 0 Å². The summed E-state index contributed by atoms with van der Waals surface area (Å²) in [5.41, 5.74) is 1.40. The first-order chi connectivity index (χ1) is 9.62. The van der Waals surface area contributed by atoms with Crippen LogP contribution < -0.4 is 10.1 Å². The minimum absolute atomic E-state index is 0.167. The second-order valence-electron chi connectivity index (χ2n) is 4.75. The monoisotopic (exact) mass is 273 g/mol. The first-order valence-electron chi connectivity index (χ1n) is 6.49. The number of hydrogen-bond donors (Lipinski definition) is 1. The van der Waals surface area contributed by atoms with Gasteiger partial charge in [0.05, 0.1) is 6.20 Å². The SMILES string of the molecule is C=CC(=C)CN1CC(Oc2ccc(C(=O)NC)nc2)C1. The van der Waals surface area contributed by atoms with E-state index in [2.05, 4.69) is 28.4 Å². The van der Waals surface area contributed by atoms with Gasteiger partial charge in [0, 0.05) is 26.7 Å². The van der Waals surface area contributed by atoms with Crippen LogP contribution in [0, 0.1) is 0 Å². The molecule has 1 saturated heterocycles. The lowest BCUT2D eigenvalue weighted by atomic mass is 10.1. The highest BCUT2D eigenvalue weighted by molar-refractivity contribution is 5.91. The Bertz CT molecular complexity index is 504. The molecule has 2 heterocycles. The highest BCUT2D eigenvalue weighted by atomic mass is 16.5. The van der Waals surface area contributed by atoms with E-state index in [9.17, 15) is 4.79 Å². The second-order valence-corrected chi connectivity index (χ2v) is 4.75. The van der Waals surface area contributed by atoms with Gasteiger partial charge in [0.15, 0.2) is 0 Å². The van der Waals surface area contributed by atoms with Gasteiger partial charge in [-0.25, -0.2) is 4.98 Å². The van der Waals surface area contributed by atoms with E-state index in [0.29, 0.717) is 11.4 Å². The van der Waals surface area contributed by atoms with Crippen molar-refractivity contribution in [2.45, 2.75) is 6.10 Å². The average Bonchev–Trinajstić information content (AvgIpc) is 2.44. The number of aromatic nitrogens is 1. The lowest BCUT2D eigenvalue weighted by molar-refractivity contribution is 0.0268. The zero-order valence-electron chi connectivity index (χ0n) is 11.6. The van der Waals surface area contributed by atoms with Crippen LogP contribution in [-0.2, 0) is 0 Å². The molecule has 0 unspecified atom stereocenters. The molecule has 5 heteroatoms. The van der Waals surface area contributed by atoms with Crippen LogP contribution in [0.2, 0.25) is 0 Å². The van der Waals surface area contributed by atoms with E-state index in [-0.39, 0.29) is 12.0 Å². The van der Waals surface area contributed by atoms with Gasteiger partial charge in [0.25, 0.3) is 5.91 Å². The van der Waals surface area contributed by atoms with Gasteiger partial charge in [-0.1, -0.05) is 19.2 Å². The van der Waals surface area contributed by atoms with Crippen molar-refractivity contribution >= 4 is 5.91 Å². The van der Waals surface area contributed by atoms with Gasteiger partial charge in [-0.15, -0.1) is 0 Å². The van der Waals surface area contributed by atoms with E-state index in [1.54, 1.807) is 31.5 Å². The Balaban J connectivity index is 1.80. The number of amides is 1. The van der Waals surface area contributed by atoms with Crippen LogP contribution in [-0.4, -0.2) is 48.6 Å². The lowest BCUT2D eigenvalue weighted by Crippen LogP contribution is -2.54. The van der Waals surface area contributed by atoms with Crippen molar-refractivity contribution < 1.29 is 9.53 Å². The Morgan fingerprint density at radius 1 is 1.60 bits per heavy atom. The number of pyridine rings is 1. The first kappa shape index (κ1) is 14.3. The van der Waals surface area contributed by atoms with Gasteiger partial charge in [-0.2, -0.15) is 0 Å². The number of rotatable bonds is 6. The summed E-state index contributed by atoms with van der Waals surface area (Å²) in [7, 11) is 1.58. The number of carbonyl (C=O) groups is 1. The van der Waals surface area contributed by atoms with Gasteiger partial charge in [-0.05, 0) is 17.7 Å². The third kappa shape index (κ3) is 3.45. The van der Waals surface area contributed by atoms with E-state index in [1.165, 1.54) is 0 Å². The number of nitrogens with zero attached hydrogens (tertiary/aromatic N) is 2. The summed E-state index contributed by atoms with van der Waals surface area (Å²) in [6.45, 7) is 10.1. The van der Waals surface area contributed by atoms with Crippen LogP contribution in [0.3, 0.4) is 0 Å². The Kier molecular flexibility index (Phi) is 4.53. The molecule has 1 aliphatic heterocycles. The van der Waals surface area contributed by atoms with Crippen molar-refractivity contribution in [1.29, 1.82) is 0 Å². The van der Waals surface area contributed by atoms with Crippen LogP contribution in [0.25, 0.3) is 0 Å². The van der Waals surface area contributed by atoms with Crippen LogP contribution in [0.15, 0.2) is 43.1 Å². The third-order valence-corrected chi connectivity index (χ3v) is 3.14. The topological polar surface area (TPSA) is 54.5 Å². The highest BCUT2D eigenvalue weighted by Gasteiger charge is 2.28. The third-order valence-electron chi connectivity index (χ3n) is 3.14. The van der Waals surface area contributed by atoms with Crippen molar-refractivity contribution in [1.82, 2.24) is 15.2 Å². The molecule has 106 valence electrons. The molecule has 1 N–H and O–H groups in total. The van der Waals surface area contributed by atoms with Crippen molar-refractivity contribution in [3.8, 4) is 5.75 Å². The summed E-state index contributed by atoms with van der Waals surface area (Å²) in [6, 6.07) is 3.42. The van der Waals surface area contributed by atoms with E-state index in [4.69, 9.17) is 4.74 Å². The first-order valence-corrected chi connectivity index (χ1v) is 6.49. The van der Waals surface area contributed by atoms with Crippen LogP contribution in [0.1, 0.15) is 10.5 Å². The summed E-state index contributed by atoms with van der Waals surface area (Å²) >= 11 is 0. The molecule has 0 radical (unpaired) electrons. The molecule has 1 amide bonds. The Morgan fingerprint density at radius 2 is 2.35 bits per heavy atom. The second kappa shape index (κ2) is 6.34. The molecule has 0 saturated carbocycles. The maximum Gasteiger partial charge on any atom is 0.269 e. The van der Waals surface area contributed by atoms with E-state index < -0.39 is 0 Å². The molecule has 1 fully saturated rings. The molecule has 0 aliphatic carbocycles. The summed E-state index contributed by atoms with van der Waals surface area (Å²) in [4.78, 5) is 17.7. The van der Waals surface area contributed by atoms with Crippen molar-refractivity contribution in [2.24, 2.45) is 0 Å². The number of nitrogens with one attached hydrogen (secondary N) is 1. The number of likely N-dealkylation sites (tertiary alicyclic amines) is 1. The molecular formula is C15H19N3O2. The molecule has 5 nitrogen and oxygen atoms in total. The molecule has 20 heavy (non-hydrogen) atoms. The normalized spacial score (nSPS) is 15.2. The molecule has 0 bridgehead atoms. The molecule has 1 aliphatic rings. The fourth-order valence-electron chi connectivity index (χ4n) is 1.98. The number of ether oxygens (including phenoxy) is 1. The summed E-state index contributed by atoms with van der Waals surface area (Å²) in [5.74, 6) is 0.485. The minimum atomic E-state index is -0.200. The Morgan fingerprint density at radius 3 is 2.90 bits per heavy atom. The van der Waals surface area contributed by atoms with Crippen molar-refractivity contribution in [2.75, 3.05) is 26.7 Å². The Labute approximate surface area is 119 Å². The molecule has 0 aromatic carbocycles. The number of carbonyl (C=O) groups excluding carboxylic acids is 1. The summed E-state index contributed by atoms with van der Waals surface area (Å²) in [6.07, 6.45) is 3.52. The average molecular weight is 273 g/mol. The van der Waals surface area contributed by atoms with Gasteiger partial charge < -0.3 is 10.1 Å². The van der Waals surface area contributed by atoms with Gasteiger partial charge in [0.2, 0.25) is 0 Å². The quantitative estimate of drug-likeness (QED) is 0.793. The molecule has 0 atom stereocenters. The molecule has 2 rings (SSSR count). The zero-order valence-corrected chi connectivity index (χ0v) is 11.6. The maximum absolute atomic E-state index is 11.4. The van der Waals surface area contributed by atoms with Crippen molar-refractivity contribution in [3.05, 3.63) is 48.8 Å². The van der Waals surface area contributed by atoms with Gasteiger partial charge in [-0.3, -0.25) is 9.69 Å². The van der Waals surface area contributed by atoms with Crippen molar-refractivity contribution in [3.63, 3.8) is 0 Å². The maximum atomic E-state index is 11.4. The van der Waals surface area contributed by atoms with Crippen LogP contribution in [0.5, 0.6) is 5.75 Å².